The predicted octanol–water partition coefficient (Wildman–Crippen LogP) is 7.40. The molecule has 4 aromatic carbocycles. The highest BCUT2D eigenvalue weighted by molar-refractivity contribution is 9.10. The average molecular weight is 718 g/mol. The summed E-state index contributed by atoms with van der Waals surface area (Å²) in [6, 6.07) is 23.0. The lowest BCUT2D eigenvalue weighted by Gasteiger charge is -2.10. The molecule has 11 nitrogen and oxygen atoms in total. The summed E-state index contributed by atoms with van der Waals surface area (Å²) in [5, 5.41) is 26.7. The lowest BCUT2D eigenvalue weighted by Crippen LogP contribution is -2.20. The highest BCUT2D eigenvalue weighted by Crippen LogP contribution is 2.37. The quantitative estimate of drug-likeness (QED) is 0.0972. The largest absolute Gasteiger partial charge is 0.481 e. The molecule has 6 rings (SSSR count). The molecule has 6 aromatic rings. The zero-order valence-corrected chi connectivity index (χ0v) is 25.5. The summed E-state index contributed by atoms with van der Waals surface area (Å²) in [7, 11) is 0. The summed E-state index contributed by atoms with van der Waals surface area (Å²) in [4.78, 5) is 40.9. The van der Waals surface area contributed by atoms with Gasteiger partial charge in [0.2, 0.25) is 11.6 Å². The zero-order chi connectivity index (χ0) is 31.0. The number of fused-ring (bicyclic) bond motifs is 2. The minimum absolute atomic E-state index is 0.0495. The number of ether oxygens (including phenoxy) is 1. The molecule has 0 spiro atoms. The van der Waals surface area contributed by atoms with E-state index in [0.717, 1.165) is 14.5 Å². The third-order valence-corrected chi connectivity index (χ3v) is 7.66. The van der Waals surface area contributed by atoms with Crippen LogP contribution in [0.15, 0.2) is 108 Å². The van der Waals surface area contributed by atoms with Crippen molar-refractivity contribution in [3.63, 3.8) is 0 Å². The van der Waals surface area contributed by atoms with E-state index >= 15 is 0 Å². The molecule has 2 aromatic heterocycles. The Balaban J connectivity index is 1.39. The first kappa shape index (κ1) is 29.0. The van der Waals surface area contributed by atoms with Crippen LogP contribution < -0.4 is 10.3 Å². The molecule has 0 saturated heterocycles. The van der Waals surface area contributed by atoms with Gasteiger partial charge in [-0.25, -0.2) is 9.78 Å². The molecule has 1 N–H and O–H groups in total. The van der Waals surface area contributed by atoms with Gasteiger partial charge in [-0.15, -0.1) is 0 Å². The second-order valence-electron chi connectivity index (χ2n) is 9.51. The van der Waals surface area contributed by atoms with E-state index in [0.29, 0.717) is 33.4 Å². The van der Waals surface area contributed by atoms with Crippen molar-refractivity contribution in [2.45, 2.75) is 6.61 Å². The number of benzene rings is 4. The van der Waals surface area contributed by atoms with Crippen LogP contribution in [0.5, 0.6) is 5.75 Å². The molecule has 218 valence electrons. The molecule has 2 heterocycles. The predicted molar refractivity (Wildman–Crippen MR) is 170 cm³/mol. The first-order valence-electron chi connectivity index (χ1n) is 12.9. The van der Waals surface area contributed by atoms with Gasteiger partial charge in [0.15, 0.2) is 5.76 Å². The number of nitro benzene ring substituents is 1. The van der Waals surface area contributed by atoms with E-state index in [4.69, 9.17) is 9.15 Å². The van der Waals surface area contributed by atoms with E-state index in [-0.39, 0.29) is 33.9 Å². The second-order valence-corrected chi connectivity index (χ2v) is 11.3. The van der Waals surface area contributed by atoms with Gasteiger partial charge in [0, 0.05) is 21.5 Å². The molecule has 0 bridgehead atoms. The fourth-order valence-corrected chi connectivity index (χ4v) is 5.50. The van der Waals surface area contributed by atoms with Crippen molar-refractivity contribution in [1.29, 1.82) is 0 Å². The lowest BCUT2D eigenvalue weighted by molar-refractivity contribution is -0.386. The first-order valence-corrected chi connectivity index (χ1v) is 14.4. The Kier molecular flexibility index (Phi) is 7.80. The van der Waals surface area contributed by atoms with E-state index in [1.807, 2.05) is 12.1 Å². The summed E-state index contributed by atoms with van der Waals surface area (Å²) in [6.45, 7) is -0.108. The van der Waals surface area contributed by atoms with Gasteiger partial charge in [-0.1, -0.05) is 40.2 Å². The van der Waals surface area contributed by atoms with E-state index in [9.17, 15) is 24.8 Å². The topological polar surface area (TPSA) is 150 Å². The maximum atomic E-state index is 13.6. The van der Waals surface area contributed by atoms with Gasteiger partial charge in [-0.05, 0) is 76.1 Å². The van der Waals surface area contributed by atoms with Crippen molar-refractivity contribution < 1.29 is 24.0 Å². The summed E-state index contributed by atoms with van der Waals surface area (Å²) in [6.07, 6.45) is 1.30. The molecule has 13 heteroatoms. The standard InChI is InChI=1S/C31H18Br2N4O7/c32-21-8-9-26-20(13-21)14-27(44-26)29-35-24-7-2-1-6-22(24)30(38)36(29)34-15-18-11-23(33)28(25(12-18)37(41)42)43-16-17-4-3-5-19(10-17)31(39)40/h1-15H,16H2,(H,39,40). The Bertz CT molecular complexity index is 2210. The molecule has 0 radical (unpaired) electrons. The van der Waals surface area contributed by atoms with Crippen LogP contribution in [0.1, 0.15) is 21.5 Å². The van der Waals surface area contributed by atoms with E-state index in [1.165, 1.54) is 24.4 Å². The summed E-state index contributed by atoms with van der Waals surface area (Å²) in [5.74, 6) is -0.693. The van der Waals surface area contributed by atoms with Crippen LogP contribution in [0.2, 0.25) is 0 Å². The van der Waals surface area contributed by atoms with Crippen molar-refractivity contribution in [2.75, 3.05) is 0 Å². The van der Waals surface area contributed by atoms with Crippen LogP contribution in [0.3, 0.4) is 0 Å². The van der Waals surface area contributed by atoms with Crippen LogP contribution in [-0.2, 0) is 6.61 Å². The summed E-state index contributed by atoms with van der Waals surface area (Å²) < 4.78 is 14.0. The summed E-state index contributed by atoms with van der Waals surface area (Å²) in [5.41, 5.74) is 1.11. The number of para-hydroxylation sites is 1. The number of furan rings is 1. The van der Waals surface area contributed by atoms with Crippen LogP contribution in [0.25, 0.3) is 33.5 Å². The molecule has 0 fully saturated rings. The van der Waals surface area contributed by atoms with Gasteiger partial charge in [0.25, 0.3) is 5.56 Å². The maximum Gasteiger partial charge on any atom is 0.335 e. The SMILES string of the molecule is O=C(O)c1cccc(COc2c(Br)cc(C=Nn3c(-c4cc5cc(Br)ccc5o4)nc4ccccc4c3=O)cc2[N+](=O)[O-])c1. The van der Waals surface area contributed by atoms with Crippen molar-refractivity contribution >= 4 is 71.6 Å². The molecule has 0 aliphatic carbocycles. The number of aromatic nitrogens is 2. The minimum atomic E-state index is -1.10. The number of aromatic carboxylic acids is 1. The number of hydrogen-bond donors (Lipinski definition) is 1. The zero-order valence-electron chi connectivity index (χ0n) is 22.3. The average Bonchev–Trinajstić information content (AvgIpc) is 3.43. The smallest absolute Gasteiger partial charge is 0.335 e. The van der Waals surface area contributed by atoms with Gasteiger partial charge in [0.05, 0.1) is 32.1 Å². The van der Waals surface area contributed by atoms with Crippen molar-refractivity contribution in [3.05, 3.63) is 131 Å². The number of carboxylic acids is 1. The maximum absolute atomic E-state index is 13.6. The van der Waals surface area contributed by atoms with Gasteiger partial charge in [0.1, 0.15) is 12.2 Å². The fraction of sp³-hybridized carbons (Fsp3) is 0.0323. The highest BCUT2D eigenvalue weighted by Gasteiger charge is 2.21. The molecule has 0 amide bonds. The Morgan fingerprint density at radius 3 is 2.68 bits per heavy atom. The van der Waals surface area contributed by atoms with Crippen LogP contribution in [-0.4, -0.2) is 31.9 Å². The number of carboxylic acid groups (broad SMARTS) is 1. The molecule has 0 saturated carbocycles. The number of carbonyl (C=O) groups is 1. The molecule has 0 aliphatic heterocycles. The highest BCUT2D eigenvalue weighted by atomic mass is 79.9. The van der Waals surface area contributed by atoms with Crippen molar-refractivity contribution in [2.24, 2.45) is 5.10 Å². The molecule has 0 unspecified atom stereocenters. The molecular formula is C31H18Br2N4O7. The minimum Gasteiger partial charge on any atom is -0.481 e. The number of rotatable bonds is 8. The molecule has 0 aliphatic rings. The van der Waals surface area contributed by atoms with Crippen molar-refractivity contribution in [1.82, 2.24) is 9.66 Å². The number of hydrogen-bond acceptors (Lipinski definition) is 8. The van der Waals surface area contributed by atoms with E-state index < -0.39 is 16.5 Å². The van der Waals surface area contributed by atoms with Crippen LogP contribution in [0.4, 0.5) is 5.69 Å². The van der Waals surface area contributed by atoms with Crippen molar-refractivity contribution in [3.8, 4) is 17.3 Å². The van der Waals surface area contributed by atoms with Gasteiger partial charge < -0.3 is 14.3 Å². The Hall–Kier alpha value is -5.14. The fourth-order valence-electron chi connectivity index (χ4n) is 4.54. The summed E-state index contributed by atoms with van der Waals surface area (Å²) >= 11 is 6.79. The number of nitro groups is 1. The first-order chi connectivity index (χ1) is 21.2. The van der Waals surface area contributed by atoms with Gasteiger partial charge in [-0.3, -0.25) is 14.9 Å². The second kappa shape index (κ2) is 11.9. The number of nitrogens with zero attached hydrogens (tertiary/aromatic N) is 4. The van der Waals surface area contributed by atoms with Gasteiger partial charge >= 0.3 is 11.7 Å². The lowest BCUT2D eigenvalue weighted by atomic mass is 10.1. The van der Waals surface area contributed by atoms with E-state index in [1.54, 1.807) is 54.6 Å². The molecule has 44 heavy (non-hydrogen) atoms. The third kappa shape index (κ3) is 5.74. The number of halogens is 2. The Labute approximate surface area is 264 Å². The normalized spacial score (nSPS) is 11.4. The Morgan fingerprint density at radius 2 is 1.89 bits per heavy atom. The third-order valence-electron chi connectivity index (χ3n) is 6.57. The van der Waals surface area contributed by atoms with Gasteiger partial charge in [-0.2, -0.15) is 9.78 Å². The van der Waals surface area contributed by atoms with E-state index in [2.05, 4.69) is 41.9 Å². The molecule has 0 atom stereocenters. The molecular weight excluding hydrogens is 700 g/mol. The monoisotopic (exact) mass is 716 g/mol. The Morgan fingerprint density at radius 1 is 1.07 bits per heavy atom. The van der Waals surface area contributed by atoms with Crippen LogP contribution in [0, 0.1) is 10.1 Å². The van der Waals surface area contributed by atoms with Crippen LogP contribution >= 0.6 is 31.9 Å².